The number of pyridine rings is 2. The monoisotopic (exact) mass is 343 g/mol. The Kier molecular flexibility index (Phi) is 3.74. The molecule has 7 heteroatoms. The highest BCUT2D eigenvalue weighted by Gasteiger charge is 2.12. The van der Waals surface area contributed by atoms with Crippen molar-refractivity contribution in [3.63, 3.8) is 0 Å². The zero-order valence-corrected chi connectivity index (χ0v) is 12.4. The number of carbonyl (C=O) groups excluding carboxylic acids is 1. The van der Waals surface area contributed by atoms with Crippen molar-refractivity contribution in [3.8, 4) is 5.82 Å². The third-order valence-electron chi connectivity index (χ3n) is 2.75. The second-order valence-electron chi connectivity index (χ2n) is 4.17. The van der Waals surface area contributed by atoms with Gasteiger partial charge in [-0.2, -0.15) is 5.10 Å². The van der Waals surface area contributed by atoms with Crippen molar-refractivity contribution >= 4 is 27.5 Å². The first kappa shape index (κ1) is 13.4. The molecule has 0 atom stereocenters. The molecule has 1 amide bonds. The van der Waals surface area contributed by atoms with Gasteiger partial charge in [-0.1, -0.05) is 0 Å². The van der Waals surface area contributed by atoms with Crippen LogP contribution in [0.4, 0.5) is 5.69 Å². The van der Waals surface area contributed by atoms with Crippen LogP contribution in [0.2, 0.25) is 0 Å². The summed E-state index contributed by atoms with van der Waals surface area (Å²) < 4.78 is 2.36. The van der Waals surface area contributed by atoms with Gasteiger partial charge in [0.25, 0.3) is 5.91 Å². The lowest BCUT2D eigenvalue weighted by Gasteiger charge is -2.10. The normalized spacial score (nSPS) is 10.3. The molecule has 3 rings (SSSR count). The fourth-order valence-electron chi connectivity index (χ4n) is 1.80. The maximum Gasteiger partial charge on any atom is 0.255 e. The predicted octanol–water partition coefficient (Wildman–Crippen LogP) is 2.68. The zero-order valence-electron chi connectivity index (χ0n) is 10.8. The van der Waals surface area contributed by atoms with Gasteiger partial charge in [0.15, 0.2) is 5.82 Å². The SMILES string of the molecule is O=C(Nc1cc(Br)cnc1-n1cccn1)c1ccncc1. The fourth-order valence-corrected chi connectivity index (χ4v) is 2.13. The number of anilines is 1. The Bertz CT molecular complexity index is 758. The van der Waals surface area contributed by atoms with Gasteiger partial charge in [0.2, 0.25) is 0 Å². The number of hydrogen-bond acceptors (Lipinski definition) is 4. The molecule has 21 heavy (non-hydrogen) atoms. The van der Waals surface area contributed by atoms with E-state index in [0.29, 0.717) is 17.1 Å². The lowest BCUT2D eigenvalue weighted by Crippen LogP contribution is -2.14. The van der Waals surface area contributed by atoms with Crippen molar-refractivity contribution < 1.29 is 4.79 Å². The number of amides is 1. The van der Waals surface area contributed by atoms with Crippen LogP contribution in [0.15, 0.2) is 59.7 Å². The number of nitrogens with one attached hydrogen (secondary N) is 1. The van der Waals surface area contributed by atoms with Crippen molar-refractivity contribution in [3.05, 3.63) is 65.3 Å². The Hall–Kier alpha value is -2.54. The predicted molar refractivity (Wildman–Crippen MR) is 81.2 cm³/mol. The summed E-state index contributed by atoms with van der Waals surface area (Å²) in [7, 11) is 0. The summed E-state index contributed by atoms with van der Waals surface area (Å²) in [4.78, 5) is 20.4. The maximum absolute atomic E-state index is 12.2. The average molecular weight is 344 g/mol. The first-order valence-electron chi connectivity index (χ1n) is 6.11. The molecule has 104 valence electrons. The molecule has 6 nitrogen and oxygen atoms in total. The Labute approximate surface area is 129 Å². The lowest BCUT2D eigenvalue weighted by atomic mass is 10.2. The van der Waals surface area contributed by atoms with Crippen molar-refractivity contribution in [2.75, 3.05) is 5.32 Å². The summed E-state index contributed by atoms with van der Waals surface area (Å²) in [5, 5.41) is 6.97. The quantitative estimate of drug-likeness (QED) is 0.793. The molecular weight excluding hydrogens is 334 g/mol. The largest absolute Gasteiger partial charge is 0.319 e. The van der Waals surface area contributed by atoms with Crippen molar-refractivity contribution in [1.29, 1.82) is 0 Å². The van der Waals surface area contributed by atoms with E-state index in [-0.39, 0.29) is 5.91 Å². The third kappa shape index (κ3) is 2.97. The first-order valence-corrected chi connectivity index (χ1v) is 6.90. The number of rotatable bonds is 3. The van der Waals surface area contributed by atoms with E-state index in [2.05, 4.69) is 36.3 Å². The highest BCUT2D eigenvalue weighted by Crippen LogP contribution is 2.22. The summed E-state index contributed by atoms with van der Waals surface area (Å²) >= 11 is 3.35. The molecule has 3 aromatic rings. The van der Waals surface area contributed by atoms with Gasteiger partial charge in [-0.25, -0.2) is 9.67 Å². The first-order chi connectivity index (χ1) is 10.2. The van der Waals surface area contributed by atoms with Crippen molar-refractivity contribution in [2.24, 2.45) is 0 Å². The van der Waals surface area contributed by atoms with Gasteiger partial charge in [-0.15, -0.1) is 0 Å². The molecule has 0 aromatic carbocycles. The molecule has 3 heterocycles. The Balaban J connectivity index is 1.95. The van der Waals surface area contributed by atoms with Crippen LogP contribution >= 0.6 is 15.9 Å². The molecule has 0 unspecified atom stereocenters. The number of carbonyl (C=O) groups is 1. The van der Waals surface area contributed by atoms with Gasteiger partial charge in [0, 0.05) is 41.0 Å². The molecule has 0 aliphatic rings. The van der Waals surface area contributed by atoms with Gasteiger partial charge in [-0.3, -0.25) is 9.78 Å². The summed E-state index contributed by atoms with van der Waals surface area (Å²) in [5.74, 6) is 0.316. The summed E-state index contributed by atoms with van der Waals surface area (Å²) in [6.07, 6.45) is 8.21. The molecule has 1 N–H and O–H groups in total. The van der Waals surface area contributed by atoms with Crippen LogP contribution in [0.5, 0.6) is 0 Å². The van der Waals surface area contributed by atoms with E-state index in [9.17, 15) is 4.79 Å². The van der Waals surface area contributed by atoms with Gasteiger partial charge < -0.3 is 5.32 Å². The third-order valence-corrected chi connectivity index (χ3v) is 3.18. The second kappa shape index (κ2) is 5.84. The number of aromatic nitrogens is 4. The van der Waals surface area contributed by atoms with Gasteiger partial charge in [0.1, 0.15) is 0 Å². The summed E-state index contributed by atoms with van der Waals surface area (Å²) in [6.45, 7) is 0. The molecule has 0 fully saturated rings. The van der Waals surface area contributed by atoms with Crippen LogP contribution in [0.25, 0.3) is 5.82 Å². The van der Waals surface area contributed by atoms with E-state index in [1.807, 2.05) is 0 Å². The summed E-state index contributed by atoms with van der Waals surface area (Å²) in [5.41, 5.74) is 1.09. The van der Waals surface area contributed by atoms with Crippen LogP contribution in [-0.4, -0.2) is 25.7 Å². The van der Waals surface area contributed by atoms with E-state index in [4.69, 9.17) is 0 Å². The zero-order chi connectivity index (χ0) is 14.7. The minimum Gasteiger partial charge on any atom is -0.319 e. The number of hydrogen-bond donors (Lipinski definition) is 1. The van der Waals surface area contributed by atoms with Gasteiger partial charge in [-0.05, 0) is 40.2 Å². The Morgan fingerprint density at radius 3 is 2.76 bits per heavy atom. The van der Waals surface area contributed by atoms with E-state index in [1.165, 1.54) is 0 Å². The molecule has 0 saturated carbocycles. The van der Waals surface area contributed by atoms with Crippen LogP contribution in [0.1, 0.15) is 10.4 Å². The van der Waals surface area contributed by atoms with Gasteiger partial charge in [0.05, 0.1) is 5.69 Å². The fraction of sp³-hybridized carbons (Fsp3) is 0. The van der Waals surface area contributed by atoms with Crippen LogP contribution in [0.3, 0.4) is 0 Å². The summed E-state index contributed by atoms with van der Waals surface area (Å²) in [6, 6.07) is 6.87. The molecule has 3 aromatic heterocycles. The van der Waals surface area contributed by atoms with Crippen molar-refractivity contribution in [2.45, 2.75) is 0 Å². The van der Waals surface area contributed by atoms with Gasteiger partial charge >= 0.3 is 0 Å². The number of halogens is 1. The minimum absolute atomic E-state index is 0.231. The average Bonchev–Trinajstić information content (AvgIpc) is 3.02. The van der Waals surface area contributed by atoms with E-state index < -0.39 is 0 Å². The topological polar surface area (TPSA) is 72.7 Å². The Morgan fingerprint density at radius 2 is 2.05 bits per heavy atom. The van der Waals surface area contributed by atoms with Crippen LogP contribution in [-0.2, 0) is 0 Å². The molecule has 0 aliphatic carbocycles. The second-order valence-corrected chi connectivity index (χ2v) is 5.08. The van der Waals surface area contributed by atoms with Crippen LogP contribution in [0, 0.1) is 0 Å². The smallest absolute Gasteiger partial charge is 0.255 e. The molecule has 0 aliphatic heterocycles. The van der Waals surface area contributed by atoms with Crippen LogP contribution < -0.4 is 5.32 Å². The van der Waals surface area contributed by atoms with E-state index in [1.54, 1.807) is 59.9 Å². The lowest BCUT2D eigenvalue weighted by molar-refractivity contribution is 0.102. The molecule has 0 bridgehead atoms. The molecule has 0 saturated heterocycles. The maximum atomic E-state index is 12.2. The molecule has 0 radical (unpaired) electrons. The number of nitrogens with zero attached hydrogens (tertiary/aromatic N) is 4. The van der Waals surface area contributed by atoms with E-state index >= 15 is 0 Å². The highest BCUT2D eigenvalue weighted by atomic mass is 79.9. The minimum atomic E-state index is -0.231. The molecular formula is C14H10BrN5O. The highest BCUT2D eigenvalue weighted by molar-refractivity contribution is 9.10. The molecule has 0 spiro atoms. The standard InChI is InChI=1S/C14H10BrN5O/c15-11-8-12(13(17-9-11)20-7-1-4-18-20)19-14(21)10-2-5-16-6-3-10/h1-9H,(H,19,21). The van der Waals surface area contributed by atoms with Crippen molar-refractivity contribution in [1.82, 2.24) is 19.7 Å². The van der Waals surface area contributed by atoms with E-state index in [0.717, 1.165) is 4.47 Å². The Morgan fingerprint density at radius 1 is 1.24 bits per heavy atom.